The fourth-order valence-electron chi connectivity index (χ4n) is 2.25. The summed E-state index contributed by atoms with van der Waals surface area (Å²) in [5.74, 6) is 2.86. The van der Waals surface area contributed by atoms with Gasteiger partial charge in [-0.3, -0.25) is 0 Å². The predicted molar refractivity (Wildman–Crippen MR) is 82.9 cm³/mol. The van der Waals surface area contributed by atoms with E-state index in [1.807, 2.05) is 49.7 Å². The average Bonchev–Trinajstić information content (AvgIpc) is 2.66. The van der Waals surface area contributed by atoms with Crippen LogP contribution in [0.3, 0.4) is 0 Å². The van der Waals surface area contributed by atoms with Gasteiger partial charge >= 0.3 is 0 Å². The molecule has 0 saturated heterocycles. The van der Waals surface area contributed by atoms with Crippen LogP contribution in [0.4, 0.5) is 5.82 Å². The molecule has 4 heteroatoms. The number of benzene rings is 1. The lowest BCUT2D eigenvalue weighted by Crippen LogP contribution is -2.05. The fraction of sp³-hybridized carbons (Fsp3) is 0.438. The number of nitrogens with zero attached hydrogens (tertiary/aromatic N) is 2. The summed E-state index contributed by atoms with van der Waals surface area (Å²) in [5, 5.41) is 0. The van der Waals surface area contributed by atoms with Crippen LogP contribution in [0, 0.1) is 0 Å². The van der Waals surface area contributed by atoms with Gasteiger partial charge in [0, 0.05) is 18.5 Å². The van der Waals surface area contributed by atoms with Gasteiger partial charge in [0.2, 0.25) is 0 Å². The summed E-state index contributed by atoms with van der Waals surface area (Å²) in [6.07, 6.45) is 0.151. The number of rotatable bonds is 4. The molecule has 0 aliphatic carbocycles. The summed E-state index contributed by atoms with van der Waals surface area (Å²) in [4.78, 5) is 4.68. The first kappa shape index (κ1) is 14.4. The highest BCUT2D eigenvalue weighted by molar-refractivity contribution is 5.72. The topological polar surface area (TPSA) is 53.1 Å². The van der Waals surface area contributed by atoms with Gasteiger partial charge in [-0.1, -0.05) is 26.0 Å². The number of nitrogen functional groups attached to an aromatic ring is 1. The monoisotopic (exact) mass is 273 g/mol. The largest absolute Gasteiger partial charge is 0.491 e. The molecule has 0 amide bonds. The van der Waals surface area contributed by atoms with Crippen LogP contribution in [0.2, 0.25) is 0 Å². The third-order valence-corrected chi connectivity index (χ3v) is 3.17. The minimum atomic E-state index is 0.151. The Morgan fingerprint density at radius 2 is 1.90 bits per heavy atom. The fourth-order valence-corrected chi connectivity index (χ4v) is 2.25. The summed E-state index contributed by atoms with van der Waals surface area (Å²) in [5.41, 5.74) is 8.00. The van der Waals surface area contributed by atoms with Gasteiger partial charge in [-0.2, -0.15) is 0 Å². The number of ether oxygens (including phenoxy) is 1. The molecular formula is C16H23N3O. The second kappa shape index (κ2) is 5.57. The van der Waals surface area contributed by atoms with Gasteiger partial charge in [-0.05, 0) is 26.0 Å². The number of hydrogen-bond acceptors (Lipinski definition) is 3. The average molecular weight is 273 g/mol. The van der Waals surface area contributed by atoms with Gasteiger partial charge in [0.25, 0.3) is 0 Å². The molecule has 0 aliphatic rings. The Kier molecular flexibility index (Phi) is 4.02. The molecule has 0 aliphatic heterocycles. The Bertz CT molecular complexity index is 600. The molecule has 2 aromatic rings. The standard InChI is InChI=1S/C16H23N3O/c1-10(2)16-18-14(15(17)19(16)5)12-7-6-8-13(9-12)20-11(3)4/h6-11H,17H2,1-5H3. The van der Waals surface area contributed by atoms with Crippen molar-refractivity contribution >= 4 is 5.82 Å². The van der Waals surface area contributed by atoms with Crippen molar-refractivity contribution < 1.29 is 4.74 Å². The van der Waals surface area contributed by atoms with E-state index in [9.17, 15) is 0 Å². The van der Waals surface area contributed by atoms with Crippen molar-refractivity contribution in [1.29, 1.82) is 0 Å². The number of hydrogen-bond donors (Lipinski definition) is 1. The molecule has 1 heterocycles. The van der Waals surface area contributed by atoms with Crippen molar-refractivity contribution in [3.05, 3.63) is 30.1 Å². The highest BCUT2D eigenvalue weighted by Crippen LogP contribution is 2.30. The molecule has 0 saturated carbocycles. The molecule has 2 rings (SSSR count). The van der Waals surface area contributed by atoms with Crippen molar-refractivity contribution in [3.63, 3.8) is 0 Å². The van der Waals surface area contributed by atoms with Crippen molar-refractivity contribution in [2.24, 2.45) is 7.05 Å². The molecule has 0 bridgehead atoms. The summed E-state index contributed by atoms with van der Waals surface area (Å²) in [7, 11) is 1.95. The molecule has 0 radical (unpaired) electrons. The van der Waals surface area contributed by atoms with Gasteiger partial charge in [0.15, 0.2) is 0 Å². The lowest BCUT2D eigenvalue weighted by atomic mass is 10.1. The molecular weight excluding hydrogens is 250 g/mol. The minimum Gasteiger partial charge on any atom is -0.491 e. The smallest absolute Gasteiger partial charge is 0.131 e. The normalized spacial score (nSPS) is 11.3. The zero-order valence-corrected chi connectivity index (χ0v) is 12.8. The molecule has 1 aromatic carbocycles. The van der Waals surface area contributed by atoms with Gasteiger partial charge in [-0.25, -0.2) is 4.98 Å². The summed E-state index contributed by atoms with van der Waals surface area (Å²) in [6.45, 7) is 8.25. The number of imidazole rings is 1. The van der Waals surface area contributed by atoms with Crippen LogP contribution >= 0.6 is 0 Å². The maximum atomic E-state index is 6.18. The Hall–Kier alpha value is -1.97. The molecule has 20 heavy (non-hydrogen) atoms. The maximum absolute atomic E-state index is 6.18. The van der Waals surface area contributed by atoms with Crippen LogP contribution in [0.25, 0.3) is 11.3 Å². The molecule has 0 fully saturated rings. The Morgan fingerprint density at radius 3 is 2.45 bits per heavy atom. The molecule has 4 nitrogen and oxygen atoms in total. The quantitative estimate of drug-likeness (QED) is 0.926. The van der Waals surface area contributed by atoms with Crippen molar-refractivity contribution in [3.8, 4) is 17.0 Å². The van der Waals surface area contributed by atoms with Gasteiger partial charge < -0.3 is 15.0 Å². The third-order valence-electron chi connectivity index (χ3n) is 3.17. The van der Waals surface area contributed by atoms with E-state index in [4.69, 9.17) is 10.5 Å². The van der Waals surface area contributed by atoms with E-state index in [2.05, 4.69) is 18.8 Å². The SMILES string of the molecule is CC(C)Oc1cccc(-c2nc(C(C)C)n(C)c2N)c1. The number of anilines is 1. The first-order valence-electron chi connectivity index (χ1n) is 6.99. The molecule has 0 atom stereocenters. The molecule has 2 N–H and O–H groups in total. The lowest BCUT2D eigenvalue weighted by molar-refractivity contribution is 0.242. The second-order valence-electron chi connectivity index (χ2n) is 5.61. The highest BCUT2D eigenvalue weighted by atomic mass is 16.5. The number of aromatic nitrogens is 2. The second-order valence-corrected chi connectivity index (χ2v) is 5.61. The van der Waals surface area contributed by atoms with Crippen molar-refractivity contribution in [2.75, 3.05) is 5.73 Å². The van der Waals surface area contributed by atoms with Crippen molar-refractivity contribution in [2.45, 2.75) is 39.7 Å². The van der Waals surface area contributed by atoms with E-state index in [0.717, 1.165) is 22.8 Å². The zero-order chi connectivity index (χ0) is 14.9. The van der Waals surface area contributed by atoms with E-state index in [-0.39, 0.29) is 6.10 Å². The zero-order valence-electron chi connectivity index (χ0n) is 12.8. The van der Waals surface area contributed by atoms with E-state index >= 15 is 0 Å². The minimum absolute atomic E-state index is 0.151. The third kappa shape index (κ3) is 2.79. The number of nitrogens with two attached hydrogens (primary N) is 1. The van der Waals surface area contributed by atoms with Crippen LogP contribution in [0.15, 0.2) is 24.3 Å². The van der Waals surface area contributed by atoms with Gasteiger partial charge in [-0.15, -0.1) is 0 Å². The Morgan fingerprint density at radius 1 is 1.20 bits per heavy atom. The van der Waals surface area contributed by atoms with Crippen molar-refractivity contribution in [1.82, 2.24) is 9.55 Å². The maximum Gasteiger partial charge on any atom is 0.131 e. The van der Waals surface area contributed by atoms with Gasteiger partial charge in [0.05, 0.1) is 6.10 Å². The van der Waals surface area contributed by atoms with E-state index in [0.29, 0.717) is 11.7 Å². The van der Waals surface area contributed by atoms with Gasteiger partial charge in [0.1, 0.15) is 23.1 Å². The summed E-state index contributed by atoms with van der Waals surface area (Å²) in [6, 6.07) is 7.92. The van der Waals surface area contributed by atoms with Crippen LogP contribution in [0.1, 0.15) is 39.4 Å². The molecule has 1 aromatic heterocycles. The van der Waals surface area contributed by atoms with E-state index in [1.165, 1.54) is 0 Å². The van der Waals surface area contributed by atoms with Crippen LogP contribution in [0.5, 0.6) is 5.75 Å². The first-order valence-corrected chi connectivity index (χ1v) is 6.99. The van der Waals surface area contributed by atoms with Crippen LogP contribution in [-0.2, 0) is 7.05 Å². The molecule has 0 unspecified atom stereocenters. The first-order chi connectivity index (χ1) is 9.40. The molecule has 108 valence electrons. The summed E-state index contributed by atoms with van der Waals surface area (Å²) < 4.78 is 7.68. The lowest BCUT2D eigenvalue weighted by Gasteiger charge is -2.10. The van der Waals surface area contributed by atoms with Crippen LogP contribution in [-0.4, -0.2) is 15.7 Å². The summed E-state index contributed by atoms with van der Waals surface area (Å²) >= 11 is 0. The van der Waals surface area contributed by atoms with Crippen LogP contribution < -0.4 is 10.5 Å². The van der Waals surface area contributed by atoms with E-state index in [1.54, 1.807) is 0 Å². The Labute approximate surface area is 120 Å². The predicted octanol–water partition coefficient (Wildman–Crippen LogP) is 3.58. The Balaban J connectivity index is 2.44. The highest BCUT2D eigenvalue weighted by Gasteiger charge is 2.16. The molecule has 0 spiro atoms. The van der Waals surface area contributed by atoms with E-state index < -0.39 is 0 Å².